The second kappa shape index (κ2) is 2.57. The van der Waals surface area contributed by atoms with Crippen molar-refractivity contribution in [1.82, 2.24) is 4.98 Å². The molecule has 2 atom stereocenters. The zero-order valence-electron chi connectivity index (χ0n) is 8.40. The van der Waals surface area contributed by atoms with Gasteiger partial charge in [0.15, 0.2) is 0 Å². The Morgan fingerprint density at radius 1 is 1.43 bits per heavy atom. The number of nitrogens with zero attached hydrogens (tertiary/aromatic N) is 1. The highest BCUT2D eigenvalue weighted by Crippen LogP contribution is 2.66. The molecule has 2 nitrogen and oxygen atoms in total. The van der Waals surface area contributed by atoms with E-state index in [1.165, 1.54) is 19.3 Å². The number of aromatic nitrogens is 1. The Balaban J connectivity index is 1.97. The van der Waals surface area contributed by atoms with Gasteiger partial charge in [-0.2, -0.15) is 0 Å². The van der Waals surface area contributed by atoms with E-state index in [0.717, 1.165) is 11.3 Å². The van der Waals surface area contributed by atoms with Gasteiger partial charge in [-0.15, -0.1) is 0 Å². The highest BCUT2D eigenvalue weighted by molar-refractivity contribution is 5.33. The number of hydrogen-bond acceptors (Lipinski definition) is 2. The fourth-order valence-electron chi connectivity index (χ4n) is 3.14. The fraction of sp³-hybridized carbons (Fsp3) is 0.583. The maximum absolute atomic E-state index is 10.5. The molecule has 0 amide bonds. The zero-order chi connectivity index (χ0) is 9.76. The van der Waals surface area contributed by atoms with E-state index in [1.54, 1.807) is 6.20 Å². The summed E-state index contributed by atoms with van der Waals surface area (Å²) in [6, 6.07) is 3.99. The topological polar surface area (TPSA) is 33.1 Å². The van der Waals surface area contributed by atoms with Gasteiger partial charge in [-0.05, 0) is 49.3 Å². The predicted molar refractivity (Wildman–Crippen MR) is 53.7 cm³/mol. The van der Waals surface area contributed by atoms with Crippen LogP contribution in [-0.4, -0.2) is 10.1 Å². The van der Waals surface area contributed by atoms with Crippen LogP contribution in [-0.2, 0) is 5.60 Å². The highest BCUT2D eigenvalue weighted by Gasteiger charge is 2.66. The molecule has 0 spiro atoms. The molecule has 0 radical (unpaired) electrons. The first-order chi connectivity index (χ1) is 6.73. The second-order valence-corrected chi connectivity index (χ2v) is 4.66. The normalized spacial score (nSPS) is 39.6. The van der Waals surface area contributed by atoms with Crippen LogP contribution in [0.5, 0.6) is 0 Å². The molecule has 2 fully saturated rings. The van der Waals surface area contributed by atoms with Gasteiger partial charge in [0.1, 0.15) is 0 Å². The Kier molecular flexibility index (Phi) is 1.55. The number of aliphatic hydroxyl groups is 1. The monoisotopic (exact) mass is 189 g/mol. The largest absolute Gasteiger partial charge is 0.385 e. The minimum absolute atomic E-state index is 0.494. The lowest BCUT2D eigenvalue weighted by Crippen LogP contribution is -2.13. The van der Waals surface area contributed by atoms with Crippen LogP contribution in [0.2, 0.25) is 0 Å². The van der Waals surface area contributed by atoms with Gasteiger partial charge in [0.05, 0.1) is 5.60 Å². The van der Waals surface area contributed by atoms with Crippen molar-refractivity contribution >= 4 is 0 Å². The summed E-state index contributed by atoms with van der Waals surface area (Å²) in [6.45, 7) is 1.98. The van der Waals surface area contributed by atoms with Crippen molar-refractivity contribution in [2.24, 2.45) is 11.8 Å². The van der Waals surface area contributed by atoms with Crippen LogP contribution in [0, 0.1) is 18.8 Å². The van der Waals surface area contributed by atoms with Crippen molar-refractivity contribution in [1.29, 1.82) is 0 Å². The van der Waals surface area contributed by atoms with Crippen molar-refractivity contribution in [2.45, 2.75) is 31.8 Å². The number of rotatable bonds is 1. The Morgan fingerprint density at radius 2 is 2.14 bits per heavy atom. The molecule has 1 aromatic rings. The van der Waals surface area contributed by atoms with Crippen molar-refractivity contribution in [3.05, 3.63) is 29.6 Å². The molecule has 3 rings (SSSR count). The first kappa shape index (κ1) is 8.42. The standard InChI is InChI=1S/C12H15NO/c1-8-7-9(5-6-13-8)12(14)10-3-2-4-11(10)12/h5-7,10-11,14H,2-4H2,1H3. The zero-order valence-corrected chi connectivity index (χ0v) is 8.40. The third-order valence-electron chi connectivity index (χ3n) is 3.90. The minimum Gasteiger partial charge on any atom is -0.385 e. The van der Waals surface area contributed by atoms with Gasteiger partial charge >= 0.3 is 0 Å². The Morgan fingerprint density at radius 3 is 2.79 bits per heavy atom. The average molecular weight is 189 g/mol. The second-order valence-electron chi connectivity index (χ2n) is 4.66. The van der Waals surface area contributed by atoms with Gasteiger partial charge < -0.3 is 5.11 Å². The van der Waals surface area contributed by atoms with Gasteiger partial charge in [0.2, 0.25) is 0 Å². The molecule has 2 saturated carbocycles. The summed E-state index contributed by atoms with van der Waals surface area (Å²) in [5.41, 5.74) is 1.59. The molecular weight excluding hydrogens is 174 g/mol. The number of hydrogen-bond donors (Lipinski definition) is 1. The molecule has 1 heterocycles. The SMILES string of the molecule is Cc1cc(C2(O)C3CCCC32)ccn1. The average Bonchev–Trinajstić information content (AvgIpc) is 2.62. The summed E-state index contributed by atoms with van der Waals surface area (Å²) < 4.78 is 0. The first-order valence-electron chi connectivity index (χ1n) is 5.38. The molecule has 0 aromatic carbocycles. The molecule has 14 heavy (non-hydrogen) atoms. The third-order valence-corrected chi connectivity index (χ3v) is 3.90. The smallest absolute Gasteiger partial charge is 0.0961 e. The van der Waals surface area contributed by atoms with E-state index in [9.17, 15) is 5.11 Å². The predicted octanol–water partition coefficient (Wildman–Crippen LogP) is 2.01. The minimum atomic E-state index is -0.494. The lowest BCUT2D eigenvalue weighted by molar-refractivity contribution is 0.105. The highest BCUT2D eigenvalue weighted by atomic mass is 16.3. The fourth-order valence-corrected chi connectivity index (χ4v) is 3.14. The van der Waals surface area contributed by atoms with E-state index >= 15 is 0 Å². The number of pyridine rings is 1. The number of aryl methyl sites for hydroxylation is 1. The van der Waals surface area contributed by atoms with Crippen molar-refractivity contribution in [2.75, 3.05) is 0 Å². The lowest BCUT2D eigenvalue weighted by atomic mass is 10.00. The molecule has 0 aliphatic heterocycles. The molecule has 2 heteroatoms. The van der Waals surface area contributed by atoms with Crippen LogP contribution in [0.25, 0.3) is 0 Å². The van der Waals surface area contributed by atoms with E-state index in [2.05, 4.69) is 4.98 Å². The molecular formula is C12H15NO. The van der Waals surface area contributed by atoms with E-state index < -0.39 is 5.60 Å². The van der Waals surface area contributed by atoms with E-state index in [4.69, 9.17) is 0 Å². The van der Waals surface area contributed by atoms with Crippen LogP contribution >= 0.6 is 0 Å². The van der Waals surface area contributed by atoms with Gasteiger partial charge in [0, 0.05) is 11.9 Å². The first-order valence-corrected chi connectivity index (χ1v) is 5.38. The summed E-state index contributed by atoms with van der Waals surface area (Å²) in [5.74, 6) is 1.06. The van der Waals surface area contributed by atoms with Crippen molar-refractivity contribution < 1.29 is 5.11 Å². The van der Waals surface area contributed by atoms with Crippen molar-refractivity contribution in [3.8, 4) is 0 Å². The molecule has 1 aromatic heterocycles. The molecule has 2 aliphatic rings. The number of fused-ring (bicyclic) bond motifs is 1. The van der Waals surface area contributed by atoms with Crippen LogP contribution in [0.15, 0.2) is 18.3 Å². The van der Waals surface area contributed by atoms with Crippen molar-refractivity contribution in [3.63, 3.8) is 0 Å². The van der Waals surface area contributed by atoms with Gasteiger partial charge in [-0.1, -0.05) is 6.42 Å². The summed E-state index contributed by atoms with van der Waals surface area (Å²) in [5, 5.41) is 10.5. The van der Waals surface area contributed by atoms with Gasteiger partial charge in [-0.3, -0.25) is 4.98 Å². The molecule has 1 N–H and O–H groups in total. The summed E-state index contributed by atoms with van der Waals surface area (Å²) >= 11 is 0. The quantitative estimate of drug-likeness (QED) is 0.733. The Hall–Kier alpha value is -0.890. The maximum Gasteiger partial charge on any atom is 0.0961 e. The Labute approximate surface area is 84.0 Å². The van der Waals surface area contributed by atoms with Gasteiger partial charge in [0.25, 0.3) is 0 Å². The molecule has 74 valence electrons. The van der Waals surface area contributed by atoms with E-state index in [-0.39, 0.29) is 0 Å². The summed E-state index contributed by atoms with van der Waals surface area (Å²) in [7, 11) is 0. The summed E-state index contributed by atoms with van der Waals surface area (Å²) in [4.78, 5) is 4.16. The molecule has 2 unspecified atom stereocenters. The lowest BCUT2D eigenvalue weighted by Gasteiger charge is -2.14. The third kappa shape index (κ3) is 0.921. The van der Waals surface area contributed by atoms with E-state index in [1.807, 2.05) is 19.1 Å². The molecule has 0 bridgehead atoms. The molecule has 0 saturated heterocycles. The van der Waals surface area contributed by atoms with Crippen LogP contribution in [0.4, 0.5) is 0 Å². The molecule has 2 aliphatic carbocycles. The maximum atomic E-state index is 10.5. The van der Waals surface area contributed by atoms with Gasteiger partial charge in [-0.25, -0.2) is 0 Å². The van der Waals surface area contributed by atoms with Crippen LogP contribution < -0.4 is 0 Å². The van der Waals surface area contributed by atoms with E-state index in [0.29, 0.717) is 11.8 Å². The Bertz CT molecular complexity index is 364. The van der Waals surface area contributed by atoms with Crippen LogP contribution in [0.1, 0.15) is 30.5 Å². The summed E-state index contributed by atoms with van der Waals surface area (Å²) in [6.07, 6.45) is 5.49. The van der Waals surface area contributed by atoms with Crippen LogP contribution in [0.3, 0.4) is 0 Å².